The maximum atomic E-state index is 14.8. The van der Waals surface area contributed by atoms with Crippen molar-refractivity contribution in [3.05, 3.63) is 59.3 Å². The van der Waals surface area contributed by atoms with E-state index < -0.39 is 29.2 Å². The van der Waals surface area contributed by atoms with Crippen molar-refractivity contribution in [1.29, 1.82) is 0 Å². The molecule has 5 nitrogen and oxygen atoms in total. The number of benzene rings is 1. The molecule has 0 bridgehead atoms. The lowest BCUT2D eigenvalue weighted by Gasteiger charge is -2.27. The molecule has 0 spiro atoms. The van der Waals surface area contributed by atoms with Gasteiger partial charge in [0.25, 0.3) is 5.91 Å². The highest BCUT2D eigenvalue weighted by atomic mass is 19.4. The van der Waals surface area contributed by atoms with Crippen LogP contribution in [-0.2, 0) is 13.2 Å². The molecule has 4 rings (SSSR count). The molecule has 0 saturated heterocycles. The zero-order valence-corrected chi connectivity index (χ0v) is 17.4. The highest BCUT2D eigenvalue weighted by molar-refractivity contribution is 6.05. The lowest BCUT2D eigenvalue weighted by atomic mass is 9.81. The number of aryl methyl sites for hydroxylation is 1. The number of anilines is 1. The number of aromatic nitrogens is 2. The third kappa shape index (κ3) is 4.21. The summed E-state index contributed by atoms with van der Waals surface area (Å²) in [5.74, 6) is -1.28. The largest absolute Gasteiger partial charge is 0.418 e. The molecule has 1 aliphatic rings. The minimum absolute atomic E-state index is 0.183. The Morgan fingerprint density at radius 1 is 1.22 bits per heavy atom. The number of aliphatic hydroxyl groups is 1. The van der Waals surface area contributed by atoms with Crippen molar-refractivity contribution in [3.8, 4) is 0 Å². The second-order valence-electron chi connectivity index (χ2n) is 8.27. The van der Waals surface area contributed by atoms with Crippen LogP contribution in [0.5, 0.6) is 0 Å². The molecule has 2 heterocycles. The van der Waals surface area contributed by atoms with E-state index in [1.165, 1.54) is 12.1 Å². The van der Waals surface area contributed by atoms with Gasteiger partial charge in [0.1, 0.15) is 11.5 Å². The van der Waals surface area contributed by atoms with Gasteiger partial charge in [-0.05, 0) is 61.8 Å². The van der Waals surface area contributed by atoms with Crippen LogP contribution in [0.4, 0.5) is 23.2 Å². The Morgan fingerprint density at radius 2 is 1.94 bits per heavy atom. The van der Waals surface area contributed by atoms with Gasteiger partial charge in [0.15, 0.2) is 0 Å². The number of amides is 1. The SMILES string of the molecule is Cn1c(C2CCC(CO)CC2)cc2cc(NC(=O)c3ncccc3C(F)(F)F)c(F)cc21. The molecular formula is C23H23F4N3O2. The second kappa shape index (κ2) is 8.54. The molecule has 1 amide bonds. The quantitative estimate of drug-likeness (QED) is 0.535. The summed E-state index contributed by atoms with van der Waals surface area (Å²) in [6.07, 6.45) is 0.00214. The van der Waals surface area contributed by atoms with Crippen molar-refractivity contribution in [2.45, 2.75) is 37.8 Å². The average molecular weight is 449 g/mol. The summed E-state index contributed by atoms with van der Waals surface area (Å²) in [5.41, 5.74) is -0.535. The standard InChI is InChI=1S/C23H23F4N3O2/c1-30-19(14-6-4-13(12-31)5-7-14)10-15-9-18(17(24)11-20(15)30)29-22(32)21-16(23(25,26)27)3-2-8-28-21/h2-3,8-11,13-14,31H,4-7,12H2,1H3,(H,29,32). The van der Waals surface area contributed by atoms with Gasteiger partial charge in [-0.15, -0.1) is 0 Å². The predicted octanol–water partition coefficient (Wildman–Crippen LogP) is 5.25. The fourth-order valence-electron chi connectivity index (χ4n) is 4.51. The summed E-state index contributed by atoms with van der Waals surface area (Å²) in [4.78, 5) is 16.0. The van der Waals surface area contributed by atoms with E-state index in [0.717, 1.165) is 49.7 Å². The van der Waals surface area contributed by atoms with E-state index in [-0.39, 0.29) is 18.2 Å². The third-order valence-electron chi connectivity index (χ3n) is 6.27. The van der Waals surface area contributed by atoms with Crippen LogP contribution in [0.25, 0.3) is 10.9 Å². The van der Waals surface area contributed by atoms with Crippen LogP contribution in [0.3, 0.4) is 0 Å². The molecule has 0 unspecified atom stereocenters. The van der Waals surface area contributed by atoms with E-state index in [1.807, 2.05) is 17.7 Å². The number of carbonyl (C=O) groups is 1. The van der Waals surface area contributed by atoms with Gasteiger partial charge in [0, 0.05) is 37.0 Å². The van der Waals surface area contributed by atoms with Crippen molar-refractivity contribution in [3.63, 3.8) is 0 Å². The van der Waals surface area contributed by atoms with Crippen molar-refractivity contribution in [1.82, 2.24) is 9.55 Å². The van der Waals surface area contributed by atoms with Crippen LogP contribution in [0, 0.1) is 11.7 Å². The fourth-order valence-corrected chi connectivity index (χ4v) is 4.51. The van der Waals surface area contributed by atoms with Crippen LogP contribution in [0.1, 0.15) is 53.3 Å². The first kappa shape index (κ1) is 22.3. The maximum Gasteiger partial charge on any atom is 0.418 e. The van der Waals surface area contributed by atoms with Gasteiger partial charge in [-0.3, -0.25) is 9.78 Å². The summed E-state index contributed by atoms with van der Waals surface area (Å²) in [7, 11) is 1.84. The molecule has 32 heavy (non-hydrogen) atoms. The first-order valence-electron chi connectivity index (χ1n) is 10.4. The van der Waals surface area contributed by atoms with Gasteiger partial charge in [0.2, 0.25) is 0 Å². The number of aliphatic hydroxyl groups excluding tert-OH is 1. The molecular weight excluding hydrogens is 426 g/mol. The predicted molar refractivity (Wildman–Crippen MR) is 112 cm³/mol. The van der Waals surface area contributed by atoms with E-state index in [2.05, 4.69) is 10.3 Å². The number of rotatable bonds is 4. The number of hydrogen-bond donors (Lipinski definition) is 2. The Morgan fingerprint density at radius 3 is 2.59 bits per heavy atom. The van der Waals surface area contributed by atoms with Gasteiger partial charge < -0.3 is 15.0 Å². The first-order chi connectivity index (χ1) is 15.2. The second-order valence-corrected chi connectivity index (χ2v) is 8.27. The molecule has 1 aliphatic carbocycles. The maximum absolute atomic E-state index is 14.8. The minimum Gasteiger partial charge on any atom is -0.396 e. The van der Waals surface area contributed by atoms with Crippen molar-refractivity contribution in [2.75, 3.05) is 11.9 Å². The topological polar surface area (TPSA) is 67.2 Å². The van der Waals surface area contributed by atoms with Gasteiger partial charge >= 0.3 is 6.18 Å². The molecule has 3 aromatic rings. The van der Waals surface area contributed by atoms with Gasteiger partial charge in [-0.2, -0.15) is 13.2 Å². The summed E-state index contributed by atoms with van der Waals surface area (Å²) >= 11 is 0. The zero-order chi connectivity index (χ0) is 23.0. The first-order valence-corrected chi connectivity index (χ1v) is 10.4. The molecule has 9 heteroatoms. The highest BCUT2D eigenvalue weighted by Crippen LogP contribution is 2.38. The summed E-state index contributed by atoms with van der Waals surface area (Å²) in [5, 5.41) is 12.3. The van der Waals surface area contributed by atoms with Crippen LogP contribution in [0.15, 0.2) is 36.5 Å². The summed E-state index contributed by atoms with van der Waals surface area (Å²) in [6, 6.07) is 6.48. The van der Waals surface area contributed by atoms with Gasteiger partial charge in [-0.25, -0.2) is 4.39 Å². The fraction of sp³-hybridized carbons (Fsp3) is 0.391. The molecule has 1 saturated carbocycles. The van der Waals surface area contributed by atoms with Crippen molar-refractivity contribution in [2.24, 2.45) is 13.0 Å². The van der Waals surface area contributed by atoms with Gasteiger partial charge in [-0.1, -0.05) is 0 Å². The molecule has 2 N–H and O–H groups in total. The molecule has 0 aliphatic heterocycles. The lowest BCUT2D eigenvalue weighted by molar-refractivity contribution is -0.138. The molecule has 1 aromatic carbocycles. The van der Waals surface area contributed by atoms with E-state index in [4.69, 9.17) is 0 Å². The monoisotopic (exact) mass is 449 g/mol. The average Bonchev–Trinajstić information content (AvgIpc) is 3.09. The Labute approximate surface area is 182 Å². The third-order valence-corrected chi connectivity index (χ3v) is 6.27. The minimum atomic E-state index is -4.76. The smallest absolute Gasteiger partial charge is 0.396 e. The Kier molecular flexibility index (Phi) is 5.94. The number of alkyl halides is 3. The van der Waals surface area contributed by atoms with E-state index in [1.54, 1.807) is 0 Å². The van der Waals surface area contributed by atoms with Crippen LogP contribution >= 0.6 is 0 Å². The zero-order valence-electron chi connectivity index (χ0n) is 17.4. The number of hydrogen-bond acceptors (Lipinski definition) is 3. The molecule has 1 fully saturated rings. The van der Waals surface area contributed by atoms with Crippen LogP contribution in [0.2, 0.25) is 0 Å². The number of nitrogens with one attached hydrogen (secondary N) is 1. The Balaban J connectivity index is 1.63. The van der Waals surface area contributed by atoms with Crippen molar-refractivity contribution < 1.29 is 27.5 Å². The molecule has 0 atom stereocenters. The Bertz CT molecular complexity index is 1150. The number of fused-ring (bicyclic) bond motifs is 1. The number of pyridine rings is 1. The number of halogens is 4. The lowest BCUT2D eigenvalue weighted by Crippen LogP contribution is -2.20. The van der Waals surface area contributed by atoms with Crippen LogP contribution in [-0.4, -0.2) is 27.2 Å². The summed E-state index contributed by atoms with van der Waals surface area (Å²) in [6.45, 7) is 0.183. The number of nitrogens with zero attached hydrogens (tertiary/aromatic N) is 2. The van der Waals surface area contributed by atoms with E-state index >= 15 is 0 Å². The normalized spacial score (nSPS) is 19.3. The van der Waals surface area contributed by atoms with Crippen molar-refractivity contribution >= 4 is 22.5 Å². The summed E-state index contributed by atoms with van der Waals surface area (Å²) < 4.78 is 56.3. The molecule has 170 valence electrons. The molecule has 0 radical (unpaired) electrons. The van der Waals surface area contributed by atoms with Crippen LogP contribution < -0.4 is 5.32 Å². The molecule has 2 aromatic heterocycles. The number of carbonyl (C=O) groups excluding carboxylic acids is 1. The van der Waals surface area contributed by atoms with Gasteiger partial charge in [0.05, 0.1) is 16.8 Å². The Hall–Kier alpha value is -2.94. The van der Waals surface area contributed by atoms with E-state index in [0.29, 0.717) is 16.8 Å². The van der Waals surface area contributed by atoms with E-state index in [9.17, 15) is 27.5 Å². The highest BCUT2D eigenvalue weighted by Gasteiger charge is 2.36.